The SMILES string of the molecule is CC(=O)N(C1CCCCC1)n1c(-c2ccccc2C(F)(F)F)nc2c(C)ccnc21. The van der Waals surface area contributed by atoms with Crippen LogP contribution in [0, 0.1) is 6.92 Å². The molecule has 5 nitrogen and oxygen atoms in total. The normalized spacial score (nSPS) is 15.5. The van der Waals surface area contributed by atoms with E-state index < -0.39 is 11.7 Å². The highest BCUT2D eigenvalue weighted by Gasteiger charge is 2.36. The van der Waals surface area contributed by atoms with Crippen molar-refractivity contribution in [3.63, 3.8) is 0 Å². The Morgan fingerprint density at radius 2 is 1.83 bits per heavy atom. The van der Waals surface area contributed by atoms with Crippen molar-refractivity contribution >= 4 is 17.1 Å². The predicted octanol–water partition coefficient (Wildman–Crippen LogP) is 5.24. The maximum absolute atomic E-state index is 13.8. The molecule has 2 heterocycles. The minimum atomic E-state index is -4.55. The molecule has 158 valence electrons. The number of aryl methyl sites for hydroxylation is 1. The molecule has 0 atom stereocenters. The molecule has 0 bridgehead atoms. The number of fused-ring (bicyclic) bond motifs is 1. The lowest BCUT2D eigenvalue weighted by molar-refractivity contribution is -0.137. The number of rotatable bonds is 3. The average molecular weight is 416 g/mol. The average Bonchev–Trinajstić information content (AvgIpc) is 3.09. The molecule has 1 saturated carbocycles. The maximum Gasteiger partial charge on any atom is 0.417 e. The first-order valence-corrected chi connectivity index (χ1v) is 10.1. The second-order valence-corrected chi connectivity index (χ2v) is 7.75. The van der Waals surface area contributed by atoms with E-state index in [0.717, 1.165) is 43.7 Å². The molecule has 1 aliphatic rings. The van der Waals surface area contributed by atoms with Crippen LogP contribution in [-0.4, -0.2) is 26.6 Å². The molecule has 3 aromatic rings. The van der Waals surface area contributed by atoms with Crippen molar-refractivity contribution in [1.29, 1.82) is 0 Å². The fraction of sp³-hybridized carbons (Fsp3) is 0.409. The summed E-state index contributed by atoms with van der Waals surface area (Å²) < 4.78 is 42.9. The van der Waals surface area contributed by atoms with Crippen LogP contribution in [0.5, 0.6) is 0 Å². The van der Waals surface area contributed by atoms with Gasteiger partial charge in [0.1, 0.15) is 5.52 Å². The molecule has 4 rings (SSSR count). The highest BCUT2D eigenvalue weighted by Crippen LogP contribution is 2.38. The van der Waals surface area contributed by atoms with Crippen LogP contribution in [-0.2, 0) is 11.0 Å². The van der Waals surface area contributed by atoms with Gasteiger partial charge in [-0.05, 0) is 37.5 Å². The molecule has 1 amide bonds. The number of hydrogen-bond acceptors (Lipinski definition) is 3. The zero-order chi connectivity index (χ0) is 21.5. The number of hydrogen-bond donors (Lipinski definition) is 0. The molecule has 0 spiro atoms. The Morgan fingerprint density at radius 1 is 1.13 bits per heavy atom. The van der Waals surface area contributed by atoms with Crippen molar-refractivity contribution in [2.45, 2.75) is 58.2 Å². The van der Waals surface area contributed by atoms with E-state index >= 15 is 0 Å². The van der Waals surface area contributed by atoms with E-state index in [1.54, 1.807) is 23.3 Å². The first-order chi connectivity index (χ1) is 14.3. The smallest absolute Gasteiger partial charge is 0.273 e. The largest absolute Gasteiger partial charge is 0.417 e. The summed E-state index contributed by atoms with van der Waals surface area (Å²) in [7, 11) is 0. The van der Waals surface area contributed by atoms with E-state index in [0.29, 0.717) is 11.2 Å². The van der Waals surface area contributed by atoms with Crippen molar-refractivity contribution < 1.29 is 18.0 Å². The van der Waals surface area contributed by atoms with E-state index in [9.17, 15) is 18.0 Å². The molecular weight excluding hydrogens is 393 g/mol. The number of halogens is 3. The third-order valence-corrected chi connectivity index (χ3v) is 5.66. The molecule has 30 heavy (non-hydrogen) atoms. The molecule has 2 aromatic heterocycles. The van der Waals surface area contributed by atoms with Gasteiger partial charge in [0.2, 0.25) is 5.91 Å². The fourth-order valence-corrected chi connectivity index (χ4v) is 4.27. The number of aromatic nitrogens is 3. The van der Waals surface area contributed by atoms with Crippen molar-refractivity contribution in [2.75, 3.05) is 5.01 Å². The fourth-order valence-electron chi connectivity index (χ4n) is 4.27. The molecule has 1 aliphatic carbocycles. The van der Waals surface area contributed by atoms with Crippen molar-refractivity contribution in [3.8, 4) is 11.4 Å². The summed E-state index contributed by atoms with van der Waals surface area (Å²) in [5.41, 5.74) is 0.821. The number of amides is 1. The van der Waals surface area contributed by atoms with Crippen LogP contribution in [0.25, 0.3) is 22.6 Å². The van der Waals surface area contributed by atoms with Gasteiger partial charge in [0.25, 0.3) is 0 Å². The molecule has 0 saturated heterocycles. The van der Waals surface area contributed by atoms with Crippen LogP contribution in [0.15, 0.2) is 36.5 Å². The topological polar surface area (TPSA) is 51.0 Å². The Morgan fingerprint density at radius 3 is 2.50 bits per heavy atom. The third kappa shape index (κ3) is 3.55. The summed E-state index contributed by atoms with van der Waals surface area (Å²) in [6.45, 7) is 3.27. The van der Waals surface area contributed by atoms with Crippen LogP contribution >= 0.6 is 0 Å². The van der Waals surface area contributed by atoms with Gasteiger partial charge in [0, 0.05) is 18.7 Å². The van der Waals surface area contributed by atoms with Gasteiger partial charge in [-0.1, -0.05) is 37.5 Å². The van der Waals surface area contributed by atoms with Gasteiger partial charge in [0.15, 0.2) is 11.5 Å². The minimum Gasteiger partial charge on any atom is -0.273 e. The van der Waals surface area contributed by atoms with Gasteiger partial charge in [-0.15, -0.1) is 0 Å². The lowest BCUT2D eigenvalue weighted by Crippen LogP contribution is -2.48. The van der Waals surface area contributed by atoms with Gasteiger partial charge in [0.05, 0.1) is 11.6 Å². The van der Waals surface area contributed by atoms with E-state index in [4.69, 9.17) is 0 Å². The quantitative estimate of drug-likeness (QED) is 0.587. The summed E-state index contributed by atoms with van der Waals surface area (Å²) in [6, 6.07) is 7.00. The van der Waals surface area contributed by atoms with Crippen molar-refractivity contribution in [3.05, 3.63) is 47.7 Å². The Bertz CT molecular complexity index is 1080. The molecule has 1 fully saturated rings. The van der Waals surface area contributed by atoms with Crippen LogP contribution in [0.4, 0.5) is 13.2 Å². The summed E-state index contributed by atoms with van der Waals surface area (Å²) in [5.74, 6) is -0.157. The number of nitrogens with zero attached hydrogens (tertiary/aromatic N) is 4. The van der Waals surface area contributed by atoms with Crippen LogP contribution in [0.3, 0.4) is 0 Å². The first kappa shape index (κ1) is 20.4. The van der Waals surface area contributed by atoms with E-state index in [1.807, 2.05) is 6.92 Å². The lowest BCUT2D eigenvalue weighted by atomic mass is 9.95. The first-order valence-electron chi connectivity index (χ1n) is 10.1. The van der Waals surface area contributed by atoms with Crippen LogP contribution in [0.1, 0.15) is 50.2 Å². The van der Waals surface area contributed by atoms with Crippen molar-refractivity contribution in [2.24, 2.45) is 0 Å². The second-order valence-electron chi connectivity index (χ2n) is 7.75. The Hall–Kier alpha value is -2.90. The van der Waals surface area contributed by atoms with Crippen molar-refractivity contribution in [1.82, 2.24) is 14.6 Å². The molecular formula is C22H23F3N4O. The molecule has 1 aromatic carbocycles. The summed E-state index contributed by atoms with van der Waals surface area (Å²) in [5, 5.41) is 1.56. The van der Waals surface area contributed by atoms with E-state index in [1.165, 1.54) is 23.7 Å². The second kappa shape index (κ2) is 7.74. The molecule has 0 unspecified atom stereocenters. The van der Waals surface area contributed by atoms with Gasteiger partial charge in [-0.3, -0.25) is 4.79 Å². The number of imidazole rings is 1. The monoisotopic (exact) mass is 416 g/mol. The summed E-state index contributed by atoms with van der Waals surface area (Å²) in [4.78, 5) is 21.7. The van der Waals surface area contributed by atoms with Gasteiger partial charge in [-0.25, -0.2) is 19.7 Å². The van der Waals surface area contributed by atoms with E-state index in [2.05, 4.69) is 9.97 Å². The maximum atomic E-state index is 13.8. The lowest BCUT2D eigenvalue weighted by Gasteiger charge is -2.35. The van der Waals surface area contributed by atoms with Gasteiger partial charge >= 0.3 is 6.18 Å². The Kier molecular flexibility index (Phi) is 5.26. The molecule has 0 N–H and O–H groups in total. The molecule has 0 radical (unpaired) electrons. The predicted molar refractivity (Wildman–Crippen MR) is 108 cm³/mol. The zero-order valence-corrected chi connectivity index (χ0v) is 16.9. The Labute approximate surface area is 172 Å². The summed E-state index contributed by atoms with van der Waals surface area (Å²) >= 11 is 0. The zero-order valence-electron chi connectivity index (χ0n) is 16.9. The molecule has 8 heteroatoms. The number of pyridine rings is 1. The summed E-state index contributed by atoms with van der Waals surface area (Å²) in [6.07, 6.45) is 1.68. The van der Waals surface area contributed by atoms with Gasteiger partial charge < -0.3 is 0 Å². The highest BCUT2D eigenvalue weighted by atomic mass is 19.4. The van der Waals surface area contributed by atoms with Gasteiger partial charge in [-0.2, -0.15) is 13.2 Å². The number of carbonyl (C=O) groups excluding carboxylic acids is 1. The standard InChI is InChI=1S/C22H23F3N4O/c1-14-12-13-26-21-19(14)27-20(17-10-6-7-11-18(17)22(23,24)25)29(21)28(15(2)30)16-8-4-3-5-9-16/h6-7,10-13,16H,3-5,8-9H2,1-2H3. The third-order valence-electron chi connectivity index (χ3n) is 5.66. The highest BCUT2D eigenvalue weighted by molar-refractivity contribution is 5.89. The number of alkyl halides is 3. The van der Waals surface area contributed by atoms with Crippen LogP contribution in [0.2, 0.25) is 0 Å². The van der Waals surface area contributed by atoms with E-state index in [-0.39, 0.29) is 23.3 Å². The van der Waals surface area contributed by atoms with Crippen LogP contribution < -0.4 is 5.01 Å². The molecule has 0 aliphatic heterocycles. The Balaban J connectivity index is 2.02. The number of benzene rings is 1. The minimum absolute atomic E-state index is 0.0653. The number of carbonyl (C=O) groups is 1.